The van der Waals surface area contributed by atoms with Crippen LogP contribution in [0.2, 0.25) is 0 Å². The first-order chi connectivity index (χ1) is 11.0. The van der Waals surface area contributed by atoms with Gasteiger partial charge in [-0.25, -0.2) is 0 Å². The summed E-state index contributed by atoms with van der Waals surface area (Å²) in [5.74, 6) is 1.96. The Morgan fingerprint density at radius 3 is 2.35 bits per heavy atom. The van der Waals surface area contributed by atoms with Crippen LogP contribution >= 0.6 is 0 Å². The number of carbonyl (C=O) groups is 1. The van der Waals surface area contributed by atoms with Gasteiger partial charge in [-0.05, 0) is 36.0 Å². The molecule has 0 radical (unpaired) electrons. The van der Waals surface area contributed by atoms with E-state index < -0.39 is 0 Å². The zero-order valence-corrected chi connectivity index (χ0v) is 14.9. The van der Waals surface area contributed by atoms with E-state index in [1.54, 1.807) is 0 Å². The van der Waals surface area contributed by atoms with Gasteiger partial charge in [0.1, 0.15) is 5.75 Å². The predicted octanol–water partition coefficient (Wildman–Crippen LogP) is 3.76. The molecule has 130 valence electrons. The highest BCUT2D eigenvalue weighted by molar-refractivity contribution is 5.75. The number of ether oxygens (including phenoxy) is 2. The van der Waals surface area contributed by atoms with Gasteiger partial charge in [0, 0.05) is 13.2 Å². The molecule has 0 saturated carbocycles. The lowest BCUT2D eigenvalue weighted by molar-refractivity contribution is -0.121. The van der Waals surface area contributed by atoms with Crippen molar-refractivity contribution in [2.75, 3.05) is 26.4 Å². The first-order valence-electron chi connectivity index (χ1n) is 8.56. The van der Waals surface area contributed by atoms with Crippen LogP contribution in [0.4, 0.5) is 0 Å². The van der Waals surface area contributed by atoms with E-state index in [4.69, 9.17) is 9.47 Å². The summed E-state index contributed by atoms with van der Waals surface area (Å²) in [4.78, 5) is 11.7. The molecular weight excluding hydrogens is 290 g/mol. The molecule has 0 spiro atoms. The van der Waals surface area contributed by atoms with E-state index >= 15 is 0 Å². The standard InChI is InChI=1S/C19H31NO3/c1-15(2)9-12-22-14-11-20-19(21)10-13-23-18-7-5-17(6-8-18)16(3)4/h5-8,15-16H,9-14H2,1-4H3,(H,20,21). The van der Waals surface area contributed by atoms with Crippen molar-refractivity contribution >= 4 is 5.91 Å². The molecule has 0 aliphatic carbocycles. The second-order valence-corrected chi connectivity index (χ2v) is 6.47. The van der Waals surface area contributed by atoms with Crippen LogP contribution in [0.15, 0.2) is 24.3 Å². The summed E-state index contributed by atoms with van der Waals surface area (Å²) in [7, 11) is 0. The van der Waals surface area contributed by atoms with Gasteiger partial charge in [0.25, 0.3) is 0 Å². The van der Waals surface area contributed by atoms with Gasteiger partial charge in [0.15, 0.2) is 0 Å². The van der Waals surface area contributed by atoms with Crippen LogP contribution in [-0.2, 0) is 9.53 Å². The van der Waals surface area contributed by atoms with E-state index in [0.29, 0.717) is 38.0 Å². The van der Waals surface area contributed by atoms with Gasteiger partial charge in [0.2, 0.25) is 5.91 Å². The van der Waals surface area contributed by atoms with Crippen molar-refractivity contribution in [3.63, 3.8) is 0 Å². The van der Waals surface area contributed by atoms with Crippen molar-refractivity contribution in [3.8, 4) is 5.75 Å². The SMILES string of the molecule is CC(C)CCOCCNC(=O)CCOc1ccc(C(C)C)cc1. The van der Waals surface area contributed by atoms with Crippen molar-refractivity contribution in [2.45, 2.75) is 46.5 Å². The molecule has 0 saturated heterocycles. The molecule has 0 bridgehead atoms. The Bertz CT molecular complexity index is 440. The fourth-order valence-corrected chi connectivity index (χ4v) is 1.98. The van der Waals surface area contributed by atoms with Crippen LogP contribution in [0.3, 0.4) is 0 Å². The fourth-order valence-electron chi connectivity index (χ4n) is 1.98. The van der Waals surface area contributed by atoms with Gasteiger partial charge in [0.05, 0.1) is 19.6 Å². The van der Waals surface area contributed by atoms with Crippen molar-refractivity contribution in [2.24, 2.45) is 5.92 Å². The van der Waals surface area contributed by atoms with Crippen molar-refractivity contribution in [1.82, 2.24) is 5.32 Å². The maximum Gasteiger partial charge on any atom is 0.223 e. The molecule has 0 fully saturated rings. The van der Waals surface area contributed by atoms with Crippen LogP contribution in [-0.4, -0.2) is 32.3 Å². The van der Waals surface area contributed by atoms with E-state index in [1.165, 1.54) is 5.56 Å². The zero-order valence-electron chi connectivity index (χ0n) is 14.9. The van der Waals surface area contributed by atoms with Gasteiger partial charge >= 0.3 is 0 Å². The summed E-state index contributed by atoms with van der Waals surface area (Å²) >= 11 is 0. The van der Waals surface area contributed by atoms with Crippen LogP contribution in [0.5, 0.6) is 5.75 Å². The summed E-state index contributed by atoms with van der Waals surface area (Å²) in [6.45, 7) is 10.9. The summed E-state index contributed by atoms with van der Waals surface area (Å²) < 4.78 is 11.0. The molecule has 4 heteroatoms. The third-order valence-corrected chi connectivity index (χ3v) is 3.55. The highest BCUT2D eigenvalue weighted by Gasteiger charge is 2.03. The Labute approximate surface area is 140 Å². The number of rotatable bonds is 11. The second-order valence-electron chi connectivity index (χ2n) is 6.47. The van der Waals surface area contributed by atoms with Gasteiger partial charge in [-0.3, -0.25) is 4.79 Å². The molecule has 1 rings (SSSR count). The maximum absolute atomic E-state index is 11.7. The fraction of sp³-hybridized carbons (Fsp3) is 0.632. The maximum atomic E-state index is 11.7. The summed E-state index contributed by atoms with van der Waals surface area (Å²) in [6, 6.07) is 8.04. The molecule has 1 amide bonds. The van der Waals surface area contributed by atoms with E-state index in [2.05, 4.69) is 45.1 Å². The summed E-state index contributed by atoms with van der Waals surface area (Å²) in [5, 5.41) is 2.84. The minimum Gasteiger partial charge on any atom is -0.493 e. The number of hydrogen-bond acceptors (Lipinski definition) is 3. The molecule has 0 atom stereocenters. The molecule has 4 nitrogen and oxygen atoms in total. The third-order valence-electron chi connectivity index (χ3n) is 3.55. The van der Waals surface area contributed by atoms with Gasteiger partial charge in [-0.15, -0.1) is 0 Å². The Balaban J connectivity index is 2.07. The molecule has 1 aromatic carbocycles. The number of nitrogens with one attached hydrogen (secondary N) is 1. The van der Waals surface area contributed by atoms with Crippen LogP contribution in [0.25, 0.3) is 0 Å². The molecule has 0 aromatic heterocycles. The third kappa shape index (κ3) is 9.24. The number of benzene rings is 1. The van der Waals surface area contributed by atoms with E-state index in [-0.39, 0.29) is 5.91 Å². The van der Waals surface area contributed by atoms with Gasteiger partial charge in [-0.1, -0.05) is 39.8 Å². The van der Waals surface area contributed by atoms with Gasteiger partial charge in [-0.2, -0.15) is 0 Å². The lowest BCUT2D eigenvalue weighted by Crippen LogP contribution is -2.28. The lowest BCUT2D eigenvalue weighted by atomic mass is 10.0. The smallest absolute Gasteiger partial charge is 0.223 e. The highest BCUT2D eigenvalue weighted by Crippen LogP contribution is 2.18. The number of amides is 1. The zero-order chi connectivity index (χ0) is 17.1. The molecule has 0 aliphatic heterocycles. The van der Waals surface area contributed by atoms with Crippen LogP contribution in [0, 0.1) is 5.92 Å². The minimum absolute atomic E-state index is 0.00346. The highest BCUT2D eigenvalue weighted by atomic mass is 16.5. The largest absolute Gasteiger partial charge is 0.493 e. The molecule has 0 unspecified atom stereocenters. The number of hydrogen-bond donors (Lipinski definition) is 1. The van der Waals surface area contributed by atoms with Crippen molar-refractivity contribution in [3.05, 3.63) is 29.8 Å². The molecule has 0 aliphatic rings. The van der Waals surface area contributed by atoms with Crippen molar-refractivity contribution in [1.29, 1.82) is 0 Å². The minimum atomic E-state index is -0.00346. The van der Waals surface area contributed by atoms with Crippen molar-refractivity contribution < 1.29 is 14.3 Å². The average Bonchev–Trinajstić information content (AvgIpc) is 2.51. The quantitative estimate of drug-likeness (QED) is 0.631. The van der Waals surface area contributed by atoms with E-state index in [9.17, 15) is 4.79 Å². The Morgan fingerprint density at radius 2 is 1.74 bits per heavy atom. The van der Waals surface area contributed by atoms with E-state index in [0.717, 1.165) is 18.8 Å². The summed E-state index contributed by atoms with van der Waals surface area (Å²) in [6.07, 6.45) is 1.41. The molecule has 23 heavy (non-hydrogen) atoms. The van der Waals surface area contributed by atoms with E-state index in [1.807, 2.05) is 12.1 Å². The Hall–Kier alpha value is -1.55. The van der Waals surface area contributed by atoms with Crippen LogP contribution < -0.4 is 10.1 Å². The normalized spacial score (nSPS) is 11.0. The molecule has 0 heterocycles. The molecular formula is C19H31NO3. The second kappa shape index (κ2) is 11.1. The lowest BCUT2D eigenvalue weighted by Gasteiger charge is -2.10. The first kappa shape index (κ1) is 19.5. The molecule has 1 aromatic rings. The average molecular weight is 321 g/mol. The monoisotopic (exact) mass is 321 g/mol. The predicted molar refractivity (Wildman–Crippen MR) is 93.9 cm³/mol. The molecule has 1 N–H and O–H groups in total. The van der Waals surface area contributed by atoms with Crippen LogP contribution in [0.1, 0.15) is 52.0 Å². The first-order valence-corrected chi connectivity index (χ1v) is 8.56. The Morgan fingerprint density at radius 1 is 1.04 bits per heavy atom. The topological polar surface area (TPSA) is 47.6 Å². The Kier molecular flexibility index (Phi) is 9.37. The number of carbonyl (C=O) groups excluding carboxylic acids is 1. The summed E-state index contributed by atoms with van der Waals surface area (Å²) in [5.41, 5.74) is 1.28. The van der Waals surface area contributed by atoms with Gasteiger partial charge < -0.3 is 14.8 Å².